The number of hydrogen-bond donors (Lipinski definition) is 2. The number of carbonyl (C=O) groups excluding carboxylic acids is 1. The van der Waals surface area contributed by atoms with Crippen molar-refractivity contribution in [1.29, 1.82) is 0 Å². The fourth-order valence-corrected chi connectivity index (χ4v) is 1.41. The summed E-state index contributed by atoms with van der Waals surface area (Å²) in [4.78, 5) is 10.3. The standard InChI is InChI=1S/C6H3F5N2O3S/c7-5(8,9)4-3(2(1-14)12-13-4)6(10,11)17(15)16/h1H,(H,12,13)(H,15,16). The van der Waals surface area contributed by atoms with Gasteiger partial charge in [0, 0.05) is 0 Å². The van der Waals surface area contributed by atoms with Gasteiger partial charge in [0.05, 0.1) is 5.56 Å². The molecule has 0 fully saturated rings. The molecule has 0 aliphatic rings. The normalized spacial score (nSPS) is 14.7. The second-order valence-corrected chi connectivity index (χ2v) is 3.75. The van der Waals surface area contributed by atoms with Crippen molar-refractivity contribution in [1.82, 2.24) is 10.2 Å². The molecule has 1 atom stereocenters. The summed E-state index contributed by atoms with van der Waals surface area (Å²) in [5, 5.41) is -0.850. The molecule has 2 N–H and O–H groups in total. The molecule has 0 saturated carbocycles. The lowest BCUT2D eigenvalue weighted by Gasteiger charge is -2.14. The van der Waals surface area contributed by atoms with Crippen LogP contribution in [0.3, 0.4) is 0 Å². The topological polar surface area (TPSA) is 83.0 Å². The van der Waals surface area contributed by atoms with Crippen LogP contribution in [-0.2, 0) is 22.5 Å². The van der Waals surface area contributed by atoms with E-state index in [4.69, 9.17) is 4.55 Å². The molecule has 5 nitrogen and oxygen atoms in total. The third-order valence-electron chi connectivity index (χ3n) is 1.70. The molecule has 96 valence electrons. The molecule has 0 radical (unpaired) electrons. The van der Waals surface area contributed by atoms with Crippen LogP contribution < -0.4 is 0 Å². The van der Waals surface area contributed by atoms with Gasteiger partial charge in [0.1, 0.15) is 5.69 Å². The van der Waals surface area contributed by atoms with Gasteiger partial charge in [-0.05, 0) is 0 Å². The lowest BCUT2D eigenvalue weighted by atomic mass is 10.2. The minimum atomic E-state index is -5.26. The number of nitrogens with one attached hydrogen (secondary N) is 1. The van der Waals surface area contributed by atoms with Crippen LogP contribution in [-0.4, -0.2) is 25.2 Å². The van der Waals surface area contributed by atoms with Crippen molar-refractivity contribution in [3.05, 3.63) is 17.0 Å². The smallest absolute Gasteiger partial charge is 0.301 e. The van der Waals surface area contributed by atoms with Crippen LogP contribution in [0.5, 0.6) is 0 Å². The van der Waals surface area contributed by atoms with Crippen molar-refractivity contribution >= 4 is 17.4 Å². The first kappa shape index (κ1) is 13.7. The molecule has 0 aliphatic carbocycles. The number of halogens is 5. The summed E-state index contributed by atoms with van der Waals surface area (Å²) in [6.07, 6.45) is -5.63. The van der Waals surface area contributed by atoms with Gasteiger partial charge in [-0.3, -0.25) is 9.89 Å². The van der Waals surface area contributed by atoms with Crippen molar-refractivity contribution in [2.75, 3.05) is 0 Å². The number of H-pyrrole nitrogens is 1. The van der Waals surface area contributed by atoms with Gasteiger partial charge in [0.25, 0.3) is 0 Å². The largest absolute Gasteiger partial charge is 0.433 e. The highest BCUT2D eigenvalue weighted by Crippen LogP contribution is 2.40. The van der Waals surface area contributed by atoms with E-state index in [9.17, 15) is 31.0 Å². The molecule has 17 heavy (non-hydrogen) atoms. The molecule has 11 heteroatoms. The average Bonchev–Trinajstić information content (AvgIpc) is 2.60. The Labute approximate surface area is 92.3 Å². The van der Waals surface area contributed by atoms with Crippen LogP contribution in [0.25, 0.3) is 0 Å². The monoisotopic (exact) mass is 278 g/mol. The van der Waals surface area contributed by atoms with E-state index in [-0.39, 0.29) is 6.29 Å². The Hall–Kier alpha value is -1.36. The van der Waals surface area contributed by atoms with Gasteiger partial charge in [0.2, 0.25) is 11.1 Å². The van der Waals surface area contributed by atoms with E-state index < -0.39 is 39.5 Å². The maximum Gasteiger partial charge on any atom is 0.433 e. The number of rotatable bonds is 3. The Morgan fingerprint density at radius 2 is 1.82 bits per heavy atom. The lowest BCUT2D eigenvalue weighted by Crippen LogP contribution is -2.25. The first-order chi connectivity index (χ1) is 7.62. The van der Waals surface area contributed by atoms with Crippen LogP contribution in [0.15, 0.2) is 0 Å². The first-order valence-electron chi connectivity index (χ1n) is 3.72. The zero-order valence-electron chi connectivity index (χ0n) is 7.59. The summed E-state index contributed by atoms with van der Waals surface area (Å²) >= 11 is -3.91. The Kier molecular flexibility index (Phi) is 3.34. The molecule has 0 bridgehead atoms. The zero-order chi connectivity index (χ0) is 13.4. The van der Waals surface area contributed by atoms with Gasteiger partial charge >= 0.3 is 11.4 Å². The van der Waals surface area contributed by atoms with Crippen LogP contribution >= 0.6 is 0 Å². The molecule has 1 aromatic heterocycles. The Morgan fingerprint density at radius 3 is 2.18 bits per heavy atom. The highest BCUT2D eigenvalue weighted by Gasteiger charge is 2.50. The van der Waals surface area contributed by atoms with Crippen molar-refractivity contribution in [3.63, 3.8) is 0 Å². The number of aromatic amines is 1. The molecular formula is C6H3F5N2O3S. The van der Waals surface area contributed by atoms with E-state index in [0.29, 0.717) is 0 Å². The quantitative estimate of drug-likeness (QED) is 0.499. The summed E-state index contributed by atoms with van der Waals surface area (Å²) in [6.45, 7) is 0. The predicted molar refractivity (Wildman–Crippen MR) is 43.6 cm³/mol. The van der Waals surface area contributed by atoms with Crippen LogP contribution in [0.4, 0.5) is 22.0 Å². The summed E-state index contributed by atoms with van der Waals surface area (Å²) in [5.74, 6) is 0. The molecule has 0 saturated heterocycles. The molecule has 1 rings (SSSR count). The number of nitrogens with zero attached hydrogens (tertiary/aromatic N) is 1. The summed E-state index contributed by atoms with van der Waals surface area (Å²) < 4.78 is 81.6. The Morgan fingerprint density at radius 1 is 1.29 bits per heavy atom. The number of alkyl halides is 5. The molecule has 0 aliphatic heterocycles. The van der Waals surface area contributed by atoms with Gasteiger partial charge in [-0.2, -0.15) is 27.1 Å². The maximum absolute atomic E-state index is 13.1. The van der Waals surface area contributed by atoms with Crippen LogP contribution in [0, 0.1) is 0 Å². The molecular weight excluding hydrogens is 275 g/mol. The van der Waals surface area contributed by atoms with Crippen molar-refractivity contribution in [3.8, 4) is 0 Å². The van der Waals surface area contributed by atoms with Gasteiger partial charge in [-0.1, -0.05) is 0 Å². The lowest BCUT2D eigenvalue weighted by molar-refractivity contribution is -0.143. The summed E-state index contributed by atoms with van der Waals surface area (Å²) in [6, 6.07) is 0. The molecule has 0 amide bonds. The van der Waals surface area contributed by atoms with E-state index >= 15 is 0 Å². The molecule has 1 aromatic rings. The first-order valence-corrected chi connectivity index (χ1v) is 4.83. The summed E-state index contributed by atoms with van der Waals surface area (Å²) in [7, 11) is 0. The van der Waals surface area contributed by atoms with Gasteiger partial charge in [-0.25, -0.2) is 4.21 Å². The van der Waals surface area contributed by atoms with Gasteiger partial charge in [-0.15, -0.1) is 0 Å². The number of aromatic nitrogens is 2. The zero-order valence-corrected chi connectivity index (χ0v) is 8.40. The number of hydrogen-bond acceptors (Lipinski definition) is 3. The average molecular weight is 278 g/mol. The second kappa shape index (κ2) is 4.14. The fourth-order valence-electron chi connectivity index (χ4n) is 1.03. The molecule has 0 aromatic carbocycles. The fraction of sp³-hybridized carbons (Fsp3) is 0.333. The molecule has 1 unspecified atom stereocenters. The highest BCUT2D eigenvalue weighted by atomic mass is 32.2. The van der Waals surface area contributed by atoms with E-state index in [1.165, 1.54) is 5.10 Å². The maximum atomic E-state index is 13.1. The number of carbonyl (C=O) groups is 1. The van der Waals surface area contributed by atoms with Gasteiger partial charge < -0.3 is 4.55 Å². The summed E-state index contributed by atoms with van der Waals surface area (Å²) in [5.41, 5.74) is -5.25. The van der Waals surface area contributed by atoms with Crippen LogP contribution in [0.2, 0.25) is 0 Å². The third-order valence-corrected chi connectivity index (χ3v) is 2.34. The van der Waals surface area contributed by atoms with Crippen LogP contribution in [0.1, 0.15) is 21.7 Å². The van der Waals surface area contributed by atoms with E-state index in [1.54, 1.807) is 0 Å². The predicted octanol–water partition coefficient (Wildman–Crippen LogP) is 1.51. The van der Waals surface area contributed by atoms with E-state index in [2.05, 4.69) is 5.10 Å². The third kappa shape index (κ3) is 2.34. The second-order valence-electron chi connectivity index (χ2n) is 2.74. The minimum absolute atomic E-state index is 0.373. The van der Waals surface area contributed by atoms with Gasteiger partial charge in [0.15, 0.2) is 12.0 Å². The van der Waals surface area contributed by atoms with E-state index in [0.717, 1.165) is 0 Å². The number of aldehydes is 1. The highest BCUT2D eigenvalue weighted by molar-refractivity contribution is 7.79. The van der Waals surface area contributed by atoms with Crippen molar-refractivity contribution in [2.45, 2.75) is 11.4 Å². The van der Waals surface area contributed by atoms with E-state index in [1.807, 2.05) is 0 Å². The molecule has 0 spiro atoms. The molecule has 1 heterocycles. The Bertz CT molecular complexity index is 469. The minimum Gasteiger partial charge on any atom is -0.301 e. The SMILES string of the molecule is O=Cc1n[nH]c(C(F)(F)F)c1C(F)(F)S(=O)O. The van der Waals surface area contributed by atoms with Crippen molar-refractivity contribution in [2.24, 2.45) is 0 Å². The van der Waals surface area contributed by atoms with Crippen molar-refractivity contribution < 1.29 is 35.5 Å². The Balaban J connectivity index is 3.54.